The highest BCUT2D eigenvalue weighted by molar-refractivity contribution is 4.95. The monoisotopic (exact) mass is 198 g/mol. The summed E-state index contributed by atoms with van der Waals surface area (Å²) in [6, 6.07) is 0. The van der Waals surface area contributed by atoms with Gasteiger partial charge in [0.25, 0.3) is 0 Å². The van der Waals surface area contributed by atoms with E-state index in [-0.39, 0.29) is 0 Å². The fraction of sp³-hybridized carbons (Fsp3) is 0.667. The Labute approximate surface area is 87.6 Å². The van der Waals surface area contributed by atoms with Gasteiger partial charge in [0.15, 0.2) is 0 Å². The summed E-state index contributed by atoms with van der Waals surface area (Å²) in [5, 5.41) is 0. The van der Waals surface area contributed by atoms with Crippen molar-refractivity contribution >= 4 is 0 Å². The van der Waals surface area contributed by atoms with E-state index >= 15 is 0 Å². The van der Waals surface area contributed by atoms with Gasteiger partial charge in [-0.3, -0.25) is 0 Å². The van der Waals surface area contributed by atoms with E-state index in [4.69, 9.17) is 9.47 Å². The molecule has 1 heterocycles. The standard InChI is InChI=1S/C6H10O.C6H12O/c1-6-2-4-7-5-3-6;1-4-7-5-6(2)3/h1-5H2;2,4-5H2,1,3H3. The summed E-state index contributed by atoms with van der Waals surface area (Å²) in [4.78, 5) is 0. The first-order chi connectivity index (χ1) is 6.66. The SMILES string of the molecule is C=C(C)COCC.C=C1CCOCC1. The lowest BCUT2D eigenvalue weighted by Gasteiger charge is -2.11. The third kappa shape index (κ3) is 9.49. The van der Waals surface area contributed by atoms with Crippen molar-refractivity contribution in [1.29, 1.82) is 0 Å². The zero-order chi connectivity index (χ0) is 10.8. The van der Waals surface area contributed by atoms with E-state index in [0.717, 1.165) is 38.2 Å². The van der Waals surface area contributed by atoms with Gasteiger partial charge >= 0.3 is 0 Å². The van der Waals surface area contributed by atoms with Crippen LogP contribution in [0.2, 0.25) is 0 Å². The summed E-state index contributed by atoms with van der Waals surface area (Å²) < 4.78 is 10.1. The number of hydrogen-bond donors (Lipinski definition) is 0. The van der Waals surface area contributed by atoms with Crippen LogP contribution in [0.1, 0.15) is 26.7 Å². The predicted octanol–water partition coefficient (Wildman–Crippen LogP) is 2.95. The lowest BCUT2D eigenvalue weighted by atomic mass is 10.1. The molecule has 0 atom stereocenters. The summed E-state index contributed by atoms with van der Waals surface area (Å²) in [6.45, 7) is 14.7. The van der Waals surface area contributed by atoms with Crippen molar-refractivity contribution in [3.8, 4) is 0 Å². The number of ether oxygens (including phenoxy) is 2. The molecule has 2 nitrogen and oxygen atoms in total. The smallest absolute Gasteiger partial charge is 0.0671 e. The van der Waals surface area contributed by atoms with Gasteiger partial charge in [-0.1, -0.05) is 24.3 Å². The molecule has 1 saturated heterocycles. The quantitative estimate of drug-likeness (QED) is 0.649. The molecule has 0 amide bonds. The maximum absolute atomic E-state index is 5.08. The normalized spacial score (nSPS) is 15.7. The second-order valence-corrected chi connectivity index (χ2v) is 3.46. The first-order valence-corrected chi connectivity index (χ1v) is 5.13. The molecule has 2 heteroatoms. The Morgan fingerprint density at radius 2 is 2.00 bits per heavy atom. The second-order valence-electron chi connectivity index (χ2n) is 3.46. The predicted molar refractivity (Wildman–Crippen MR) is 60.5 cm³/mol. The highest BCUT2D eigenvalue weighted by Gasteiger charge is 2.00. The number of rotatable bonds is 3. The molecule has 0 unspecified atom stereocenters. The molecule has 1 fully saturated rings. The van der Waals surface area contributed by atoms with E-state index in [2.05, 4.69) is 13.2 Å². The van der Waals surface area contributed by atoms with Crippen LogP contribution < -0.4 is 0 Å². The molecule has 82 valence electrons. The van der Waals surface area contributed by atoms with Crippen molar-refractivity contribution in [3.05, 3.63) is 24.3 Å². The minimum Gasteiger partial charge on any atom is -0.381 e. The fourth-order valence-electron chi connectivity index (χ4n) is 0.936. The van der Waals surface area contributed by atoms with Gasteiger partial charge in [-0.2, -0.15) is 0 Å². The van der Waals surface area contributed by atoms with Crippen molar-refractivity contribution in [2.75, 3.05) is 26.4 Å². The third-order valence-corrected chi connectivity index (χ3v) is 1.75. The Morgan fingerprint density at radius 1 is 1.43 bits per heavy atom. The minimum absolute atomic E-state index is 0.705. The molecule has 0 aromatic heterocycles. The summed E-state index contributed by atoms with van der Waals surface area (Å²) in [5.74, 6) is 0. The lowest BCUT2D eigenvalue weighted by molar-refractivity contribution is 0.119. The van der Waals surface area contributed by atoms with Gasteiger partial charge < -0.3 is 9.47 Å². The fourth-order valence-corrected chi connectivity index (χ4v) is 0.936. The molecular formula is C12H22O2. The lowest BCUT2D eigenvalue weighted by Crippen LogP contribution is -2.05. The Bertz CT molecular complexity index is 165. The van der Waals surface area contributed by atoms with Crippen LogP contribution in [-0.2, 0) is 9.47 Å². The molecule has 1 rings (SSSR count). The molecule has 0 aromatic rings. The van der Waals surface area contributed by atoms with Crippen molar-refractivity contribution in [1.82, 2.24) is 0 Å². The topological polar surface area (TPSA) is 18.5 Å². The van der Waals surface area contributed by atoms with Crippen molar-refractivity contribution in [2.45, 2.75) is 26.7 Å². The molecule has 0 aliphatic carbocycles. The molecular weight excluding hydrogens is 176 g/mol. The van der Waals surface area contributed by atoms with Crippen LogP contribution in [0, 0.1) is 0 Å². The molecule has 0 N–H and O–H groups in total. The van der Waals surface area contributed by atoms with Gasteiger partial charge in [0.1, 0.15) is 0 Å². The molecule has 1 aliphatic heterocycles. The Hall–Kier alpha value is -0.600. The van der Waals surface area contributed by atoms with Crippen LogP contribution in [0.3, 0.4) is 0 Å². The Balaban J connectivity index is 0.000000241. The van der Waals surface area contributed by atoms with Gasteiger partial charge in [-0.25, -0.2) is 0 Å². The molecule has 0 spiro atoms. The summed E-state index contributed by atoms with van der Waals surface area (Å²) >= 11 is 0. The van der Waals surface area contributed by atoms with Crippen LogP contribution in [0.15, 0.2) is 24.3 Å². The van der Waals surface area contributed by atoms with Crippen molar-refractivity contribution in [2.24, 2.45) is 0 Å². The average Bonchev–Trinajstić information content (AvgIpc) is 2.17. The first kappa shape index (κ1) is 13.4. The molecule has 0 bridgehead atoms. The molecule has 1 aliphatic rings. The summed E-state index contributed by atoms with van der Waals surface area (Å²) in [7, 11) is 0. The average molecular weight is 198 g/mol. The summed E-state index contributed by atoms with van der Waals surface area (Å²) in [6.07, 6.45) is 2.14. The molecule has 0 radical (unpaired) electrons. The van der Waals surface area contributed by atoms with E-state index in [1.807, 2.05) is 13.8 Å². The largest absolute Gasteiger partial charge is 0.381 e. The van der Waals surface area contributed by atoms with E-state index < -0.39 is 0 Å². The number of hydrogen-bond acceptors (Lipinski definition) is 2. The van der Waals surface area contributed by atoms with Crippen molar-refractivity contribution < 1.29 is 9.47 Å². The maximum atomic E-state index is 5.08. The van der Waals surface area contributed by atoms with Crippen LogP contribution in [0.25, 0.3) is 0 Å². The van der Waals surface area contributed by atoms with Crippen LogP contribution >= 0.6 is 0 Å². The first-order valence-electron chi connectivity index (χ1n) is 5.13. The Kier molecular flexibility index (Phi) is 8.59. The van der Waals surface area contributed by atoms with E-state index in [1.54, 1.807) is 0 Å². The van der Waals surface area contributed by atoms with Crippen LogP contribution in [0.4, 0.5) is 0 Å². The van der Waals surface area contributed by atoms with Crippen LogP contribution in [-0.4, -0.2) is 26.4 Å². The third-order valence-electron chi connectivity index (χ3n) is 1.75. The van der Waals surface area contributed by atoms with Gasteiger partial charge in [0, 0.05) is 6.61 Å². The molecule has 0 aromatic carbocycles. The highest BCUT2D eigenvalue weighted by Crippen LogP contribution is 2.09. The highest BCUT2D eigenvalue weighted by atomic mass is 16.5. The maximum Gasteiger partial charge on any atom is 0.0671 e. The molecule has 14 heavy (non-hydrogen) atoms. The van der Waals surface area contributed by atoms with E-state index in [1.165, 1.54) is 5.57 Å². The zero-order valence-corrected chi connectivity index (χ0v) is 9.47. The second kappa shape index (κ2) is 8.97. The van der Waals surface area contributed by atoms with E-state index in [9.17, 15) is 0 Å². The zero-order valence-electron chi connectivity index (χ0n) is 9.47. The van der Waals surface area contributed by atoms with Gasteiger partial charge in [0.05, 0.1) is 19.8 Å². The van der Waals surface area contributed by atoms with Gasteiger partial charge in [-0.05, 0) is 26.7 Å². The minimum atomic E-state index is 0.705. The Morgan fingerprint density at radius 3 is 2.21 bits per heavy atom. The van der Waals surface area contributed by atoms with Gasteiger partial charge in [-0.15, -0.1) is 0 Å². The van der Waals surface area contributed by atoms with Gasteiger partial charge in [0.2, 0.25) is 0 Å². The van der Waals surface area contributed by atoms with Crippen molar-refractivity contribution in [3.63, 3.8) is 0 Å². The van der Waals surface area contributed by atoms with Crippen LogP contribution in [0.5, 0.6) is 0 Å². The van der Waals surface area contributed by atoms with E-state index in [0.29, 0.717) is 6.61 Å². The summed E-state index contributed by atoms with van der Waals surface area (Å²) in [5.41, 5.74) is 2.42. The molecule has 0 saturated carbocycles.